The Labute approximate surface area is 148 Å². The number of aromatic nitrogens is 2. The van der Waals surface area contributed by atoms with E-state index in [-0.39, 0.29) is 18.0 Å². The van der Waals surface area contributed by atoms with E-state index in [0.717, 1.165) is 0 Å². The van der Waals surface area contributed by atoms with Gasteiger partial charge in [0.05, 0.1) is 14.2 Å². The normalized spacial score (nSPS) is 17.9. The van der Waals surface area contributed by atoms with Crippen LogP contribution in [0.5, 0.6) is 17.2 Å². The summed E-state index contributed by atoms with van der Waals surface area (Å²) in [7, 11) is 2.83. The Morgan fingerprint density at radius 1 is 1.23 bits per heavy atom. The quantitative estimate of drug-likeness (QED) is 0.798. The van der Waals surface area contributed by atoms with Gasteiger partial charge in [-0.05, 0) is 6.07 Å². The molecule has 1 aromatic carbocycles. The van der Waals surface area contributed by atoms with E-state index in [1.165, 1.54) is 14.2 Å². The van der Waals surface area contributed by atoms with E-state index in [4.69, 9.17) is 18.9 Å². The number of benzene rings is 1. The summed E-state index contributed by atoms with van der Waals surface area (Å²) in [5.74, 6) is 0.789. The topological polar surface area (TPSA) is 112 Å². The smallest absolute Gasteiger partial charge is 0.356 e. The van der Waals surface area contributed by atoms with Gasteiger partial charge in [-0.25, -0.2) is 4.79 Å². The summed E-state index contributed by atoms with van der Waals surface area (Å²) in [5, 5.41) is 9.36. The number of fused-ring (bicyclic) bond motifs is 2. The lowest BCUT2D eigenvalue weighted by Crippen LogP contribution is -2.25. The van der Waals surface area contributed by atoms with Crippen molar-refractivity contribution in [2.75, 3.05) is 32.8 Å². The van der Waals surface area contributed by atoms with E-state index in [1.807, 2.05) is 0 Å². The number of H-pyrrole nitrogens is 1. The minimum atomic E-state index is -0.559. The van der Waals surface area contributed by atoms with Crippen LogP contribution in [-0.2, 0) is 9.53 Å². The van der Waals surface area contributed by atoms with Crippen LogP contribution in [0, 0.1) is 0 Å². The van der Waals surface area contributed by atoms with Crippen LogP contribution in [0.1, 0.15) is 34.0 Å². The second-order valence-electron chi connectivity index (χ2n) is 5.90. The third-order valence-electron chi connectivity index (χ3n) is 4.46. The van der Waals surface area contributed by atoms with Gasteiger partial charge in [-0.2, -0.15) is 5.10 Å². The average Bonchev–Trinajstić information content (AvgIpc) is 3.09. The molecule has 9 heteroatoms. The Bertz CT molecular complexity index is 891. The molecule has 0 saturated heterocycles. The molecule has 0 unspecified atom stereocenters. The molecule has 0 saturated carbocycles. The number of carbonyl (C=O) groups is 2. The van der Waals surface area contributed by atoms with Crippen molar-refractivity contribution in [1.29, 1.82) is 0 Å². The molecule has 0 bridgehead atoms. The molecule has 1 aromatic heterocycles. The highest BCUT2D eigenvalue weighted by atomic mass is 16.6. The number of hydrogen-bond acceptors (Lipinski definition) is 7. The number of hydrogen-bond donors (Lipinski definition) is 2. The Balaban J connectivity index is 1.87. The number of amides is 1. The Morgan fingerprint density at radius 2 is 1.96 bits per heavy atom. The first kappa shape index (κ1) is 16.2. The molecule has 3 heterocycles. The van der Waals surface area contributed by atoms with Crippen molar-refractivity contribution in [2.24, 2.45) is 0 Å². The zero-order valence-electron chi connectivity index (χ0n) is 14.3. The lowest BCUT2D eigenvalue weighted by atomic mass is 9.84. The van der Waals surface area contributed by atoms with Gasteiger partial charge in [0.15, 0.2) is 17.3 Å². The second-order valence-corrected chi connectivity index (χ2v) is 5.90. The van der Waals surface area contributed by atoms with Crippen molar-refractivity contribution in [3.05, 3.63) is 29.0 Å². The molecule has 0 spiro atoms. The molecular formula is C17H17N3O6. The van der Waals surface area contributed by atoms with Crippen molar-refractivity contribution in [3.8, 4) is 17.2 Å². The number of rotatable bonds is 3. The number of anilines is 1. The first-order chi connectivity index (χ1) is 12.6. The molecule has 0 radical (unpaired) electrons. The van der Waals surface area contributed by atoms with E-state index in [2.05, 4.69) is 15.5 Å². The fourth-order valence-corrected chi connectivity index (χ4v) is 3.31. The van der Waals surface area contributed by atoms with Gasteiger partial charge in [0.1, 0.15) is 24.7 Å². The number of carbonyl (C=O) groups excluding carboxylic acids is 2. The van der Waals surface area contributed by atoms with Gasteiger partial charge < -0.3 is 24.3 Å². The van der Waals surface area contributed by atoms with Gasteiger partial charge >= 0.3 is 5.97 Å². The van der Waals surface area contributed by atoms with Crippen molar-refractivity contribution in [1.82, 2.24) is 10.2 Å². The van der Waals surface area contributed by atoms with Crippen LogP contribution in [-0.4, -0.2) is 49.5 Å². The van der Waals surface area contributed by atoms with Crippen LogP contribution < -0.4 is 19.5 Å². The Kier molecular flexibility index (Phi) is 3.90. The van der Waals surface area contributed by atoms with Crippen LogP contribution >= 0.6 is 0 Å². The highest BCUT2D eigenvalue weighted by Crippen LogP contribution is 2.46. The van der Waals surface area contributed by atoms with E-state index >= 15 is 0 Å². The molecule has 0 fully saturated rings. The summed E-state index contributed by atoms with van der Waals surface area (Å²) in [6.07, 6.45) is 0.131. The number of nitrogens with zero attached hydrogens (tertiary/aromatic N) is 1. The van der Waals surface area contributed by atoms with Crippen molar-refractivity contribution >= 4 is 17.7 Å². The minimum absolute atomic E-state index is 0.131. The Hall–Kier alpha value is -3.23. The molecule has 2 N–H and O–H groups in total. The van der Waals surface area contributed by atoms with Crippen LogP contribution in [0.25, 0.3) is 0 Å². The van der Waals surface area contributed by atoms with E-state index in [0.29, 0.717) is 47.4 Å². The fraction of sp³-hybridized carbons (Fsp3) is 0.353. The molecule has 1 atom stereocenters. The van der Waals surface area contributed by atoms with E-state index in [1.54, 1.807) is 12.1 Å². The largest absolute Gasteiger partial charge is 0.496 e. The van der Waals surface area contributed by atoms with Crippen LogP contribution in [0.2, 0.25) is 0 Å². The third-order valence-corrected chi connectivity index (χ3v) is 4.46. The SMILES string of the molecule is COC(=O)c1[nH]nc2c1[C@@H](c1cc3c(cc1OC)OCCO3)CC(=O)N2. The summed E-state index contributed by atoms with van der Waals surface area (Å²) in [6, 6.07) is 3.52. The average molecular weight is 359 g/mol. The van der Waals surface area contributed by atoms with Gasteiger partial charge in [-0.15, -0.1) is 0 Å². The predicted octanol–water partition coefficient (Wildman–Crippen LogP) is 1.45. The molecular weight excluding hydrogens is 342 g/mol. The first-order valence-corrected chi connectivity index (χ1v) is 8.06. The second kappa shape index (κ2) is 6.25. The zero-order chi connectivity index (χ0) is 18.3. The summed E-state index contributed by atoms with van der Waals surface area (Å²) < 4.78 is 21.6. The summed E-state index contributed by atoms with van der Waals surface area (Å²) in [6.45, 7) is 0.897. The monoisotopic (exact) mass is 359 g/mol. The number of nitrogens with one attached hydrogen (secondary N) is 2. The number of methoxy groups -OCH3 is 2. The maximum absolute atomic E-state index is 12.2. The van der Waals surface area contributed by atoms with E-state index in [9.17, 15) is 9.59 Å². The molecule has 9 nitrogen and oxygen atoms in total. The molecule has 2 aromatic rings. The van der Waals surface area contributed by atoms with Gasteiger partial charge in [-0.3, -0.25) is 9.89 Å². The molecule has 136 valence electrons. The van der Waals surface area contributed by atoms with Gasteiger partial charge in [-0.1, -0.05) is 0 Å². The van der Waals surface area contributed by atoms with Gasteiger partial charge in [0, 0.05) is 29.5 Å². The molecule has 0 aliphatic carbocycles. The fourth-order valence-electron chi connectivity index (χ4n) is 3.31. The van der Waals surface area contributed by atoms with Crippen molar-refractivity contribution in [3.63, 3.8) is 0 Å². The highest BCUT2D eigenvalue weighted by molar-refractivity contribution is 5.99. The molecule has 2 aliphatic heterocycles. The summed E-state index contributed by atoms with van der Waals surface area (Å²) in [5.41, 5.74) is 1.47. The maximum Gasteiger partial charge on any atom is 0.356 e. The lowest BCUT2D eigenvalue weighted by molar-refractivity contribution is -0.116. The first-order valence-electron chi connectivity index (χ1n) is 8.06. The maximum atomic E-state index is 12.2. The number of esters is 1. The minimum Gasteiger partial charge on any atom is -0.496 e. The van der Waals surface area contributed by atoms with Gasteiger partial charge in [0.2, 0.25) is 5.91 Å². The zero-order valence-corrected chi connectivity index (χ0v) is 14.3. The predicted molar refractivity (Wildman–Crippen MR) is 89.0 cm³/mol. The molecule has 2 aliphatic rings. The standard InChI is InChI=1S/C17H17N3O6/c1-23-10-7-12-11(25-3-4-26-12)5-8(10)9-6-13(21)18-16-14(9)15(19-20-16)17(22)24-2/h5,7,9H,3-4,6H2,1-2H3,(H2,18,19,20,21)/t9-/m1/s1. The molecule has 26 heavy (non-hydrogen) atoms. The van der Waals surface area contributed by atoms with Crippen molar-refractivity contribution in [2.45, 2.75) is 12.3 Å². The summed E-state index contributed by atoms with van der Waals surface area (Å²) in [4.78, 5) is 24.3. The molecule has 1 amide bonds. The number of aromatic amines is 1. The van der Waals surface area contributed by atoms with Crippen LogP contribution in [0.3, 0.4) is 0 Å². The van der Waals surface area contributed by atoms with Crippen LogP contribution in [0.4, 0.5) is 5.82 Å². The van der Waals surface area contributed by atoms with Crippen molar-refractivity contribution < 1.29 is 28.5 Å². The third kappa shape index (κ3) is 2.52. The lowest BCUT2D eigenvalue weighted by Gasteiger charge is -2.27. The number of ether oxygens (including phenoxy) is 4. The summed E-state index contributed by atoms with van der Waals surface area (Å²) >= 11 is 0. The van der Waals surface area contributed by atoms with E-state index < -0.39 is 11.9 Å². The Morgan fingerprint density at radius 3 is 2.65 bits per heavy atom. The molecule has 4 rings (SSSR count). The highest BCUT2D eigenvalue weighted by Gasteiger charge is 2.36. The van der Waals surface area contributed by atoms with Crippen LogP contribution in [0.15, 0.2) is 12.1 Å². The van der Waals surface area contributed by atoms with Gasteiger partial charge in [0.25, 0.3) is 0 Å².